The first kappa shape index (κ1) is 15.7. The maximum absolute atomic E-state index is 13.7. The second-order valence-corrected chi connectivity index (χ2v) is 4.96. The second-order valence-electron chi connectivity index (χ2n) is 4.96. The molecule has 3 aromatic rings. The molecule has 1 amide bonds. The Morgan fingerprint density at radius 2 is 1.42 bits per heavy atom. The summed E-state index contributed by atoms with van der Waals surface area (Å²) in [6.45, 7) is 0. The Balaban J connectivity index is 1.87. The lowest BCUT2D eigenvalue weighted by molar-refractivity contribution is 0.101. The molecule has 0 saturated carbocycles. The fraction of sp³-hybridized carbons (Fsp3) is 0. The molecule has 0 saturated heterocycles. The smallest absolute Gasteiger partial charge is 0.261 e. The normalized spacial score (nSPS) is 10.2. The molecule has 0 radical (unpaired) electrons. The van der Waals surface area contributed by atoms with Gasteiger partial charge in [0, 0.05) is 0 Å². The maximum atomic E-state index is 13.7. The van der Waals surface area contributed by atoms with Crippen molar-refractivity contribution in [3.8, 4) is 11.5 Å². The van der Waals surface area contributed by atoms with Crippen LogP contribution in [0.25, 0.3) is 0 Å². The van der Waals surface area contributed by atoms with E-state index >= 15 is 0 Å². The van der Waals surface area contributed by atoms with Crippen molar-refractivity contribution in [3.05, 3.63) is 90.0 Å². The van der Waals surface area contributed by atoms with Crippen molar-refractivity contribution >= 4 is 11.6 Å². The van der Waals surface area contributed by atoms with E-state index in [1.165, 1.54) is 6.07 Å². The quantitative estimate of drug-likeness (QED) is 0.732. The Labute approximate surface area is 137 Å². The van der Waals surface area contributed by atoms with Gasteiger partial charge in [0.05, 0.1) is 5.69 Å². The summed E-state index contributed by atoms with van der Waals surface area (Å²) in [5.41, 5.74) is -0.318. The van der Waals surface area contributed by atoms with E-state index in [-0.39, 0.29) is 0 Å². The van der Waals surface area contributed by atoms with Crippen molar-refractivity contribution in [2.75, 3.05) is 5.32 Å². The Bertz CT molecular complexity index is 846. The molecule has 120 valence electrons. The van der Waals surface area contributed by atoms with E-state index in [4.69, 9.17) is 4.74 Å². The summed E-state index contributed by atoms with van der Waals surface area (Å²) >= 11 is 0. The largest absolute Gasteiger partial charge is 0.455 e. The van der Waals surface area contributed by atoms with Crippen LogP contribution in [0.2, 0.25) is 0 Å². The average molecular weight is 325 g/mol. The Hall–Kier alpha value is -3.21. The molecule has 0 heterocycles. The number of halogens is 2. The highest BCUT2D eigenvalue weighted by molar-refractivity contribution is 6.05. The van der Waals surface area contributed by atoms with Crippen molar-refractivity contribution in [2.24, 2.45) is 0 Å². The van der Waals surface area contributed by atoms with Crippen molar-refractivity contribution in [2.45, 2.75) is 0 Å². The fourth-order valence-corrected chi connectivity index (χ4v) is 2.17. The number of hydrogen-bond donors (Lipinski definition) is 1. The van der Waals surface area contributed by atoms with Crippen LogP contribution >= 0.6 is 0 Å². The molecule has 0 unspecified atom stereocenters. The SMILES string of the molecule is O=C(Nc1ccccc1Oc1ccccc1)c1c(F)cccc1F. The zero-order valence-corrected chi connectivity index (χ0v) is 12.5. The van der Waals surface area contributed by atoms with Gasteiger partial charge in [0.15, 0.2) is 5.75 Å². The molecular formula is C19H13F2NO2. The van der Waals surface area contributed by atoms with Gasteiger partial charge in [-0.25, -0.2) is 8.78 Å². The highest BCUT2D eigenvalue weighted by Gasteiger charge is 2.18. The summed E-state index contributed by atoms with van der Waals surface area (Å²) in [5.74, 6) is -1.78. The molecule has 0 atom stereocenters. The number of nitrogens with one attached hydrogen (secondary N) is 1. The van der Waals surface area contributed by atoms with E-state index in [9.17, 15) is 13.6 Å². The number of hydrogen-bond acceptors (Lipinski definition) is 2. The van der Waals surface area contributed by atoms with Crippen molar-refractivity contribution < 1.29 is 18.3 Å². The molecule has 0 fully saturated rings. The van der Waals surface area contributed by atoms with Crippen LogP contribution in [-0.4, -0.2) is 5.91 Å². The third-order valence-corrected chi connectivity index (χ3v) is 3.30. The van der Waals surface area contributed by atoms with Gasteiger partial charge < -0.3 is 10.1 Å². The summed E-state index contributed by atoms with van der Waals surface area (Å²) in [7, 11) is 0. The zero-order valence-electron chi connectivity index (χ0n) is 12.5. The Kier molecular flexibility index (Phi) is 4.52. The summed E-state index contributed by atoms with van der Waals surface area (Å²) in [4.78, 5) is 12.2. The number of para-hydroxylation sites is 3. The molecular weight excluding hydrogens is 312 g/mol. The molecule has 5 heteroatoms. The third kappa shape index (κ3) is 3.41. The van der Waals surface area contributed by atoms with Crippen LogP contribution in [-0.2, 0) is 0 Å². The van der Waals surface area contributed by atoms with Gasteiger partial charge in [-0.15, -0.1) is 0 Å². The van der Waals surface area contributed by atoms with Gasteiger partial charge in [-0.1, -0.05) is 36.4 Å². The predicted octanol–water partition coefficient (Wildman–Crippen LogP) is 5.01. The number of carbonyl (C=O) groups is 1. The minimum Gasteiger partial charge on any atom is -0.455 e. The van der Waals surface area contributed by atoms with E-state index in [0.29, 0.717) is 17.2 Å². The van der Waals surface area contributed by atoms with Gasteiger partial charge in [0.25, 0.3) is 5.91 Å². The van der Waals surface area contributed by atoms with E-state index < -0.39 is 23.1 Å². The molecule has 3 aromatic carbocycles. The van der Waals surface area contributed by atoms with Gasteiger partial charge in [-0.2, -0.15) is 0 Å². The number of anilines is 1. The van der Waals surface area contributed by atoms with Crippen LogP contribution in [0, 0.1) is 11.6 Å². The third-order valence-electron chi connectivity index (χ3n) is 3.30. The first-order chi connectivity index (χ1) is 11.6. The Morgan fingerprint density at radius 3 is 2.12 bits per heavy atom. The molecule has 0 aliphatic carbocycles. The molecule has 0 aromatic heterocycles. The van der Waals surface area contributed by atoms with E-state index in [2.05, 4.69) is 5.32 Å². The maximum Gasteiger partial charge on any atom is 0.261 e. The lowest BCUT2D eigenvalue weighted by Gasteiger charge is -2.12. The monoisotopic (exact) mass is 325 g/mol. The van der Waals surface area contributed by atoms with Gasteiger partial charge in [-0.3, -0.25) is 4.79 Å². The first-order valence-electron chi connectivity index (χ1n) is 7.22. The summed E-state index contributed by atoms with van der Waals surface area (Å²) in [6.07, 6.45) is 0. The average Bonchev–Trinajstić information content (AvgIpc) is 2.57. The summed E-state index contributed by atoms with van der Waals surface area (Å²) in [5, 5.41) is 2.48. The lowest BCUT2D eigenvalue weighted by atomic mass is 10.1. The van der Waals surface area contributed by atoms with Crippen molar-refractivity contribution in [1.29, 1.82) is 0 Å². The van der Waals surface area contributed by atoms with Gasteiger partial charge in [0.1, 0.15) is 22.9 Å². The zero-order chi connectivity index (χ0) is 16.9. The second kappa shape index (κ2) is 6.91. The van der Waals surface area contributed by atoms with Gasteiger partial charge in [0.2, 0.25) is 0 Å². The number of carbonyl (C=O) groups excluding carboxylic acids is 1. The molecule has 0 aliphatic rings. The van der Waals surface area contributed by atoms with Gasteiger partial charge >= 0.3 is 0 Å². The van der Waals surface area contributed by atoms with Crippen molar-refractivity contribution in [1.82, 2.24) is 0 Å². The molecule has 3 nitrogen and oxygen atoms in total. The fourth-order valence-electron chi connectivity index (χ4n) is 2.17. The van der Waals surface area contributed by atoms with E-state index in [0.717, 1.165) is 12.1 Å². The van der Waals surface area contributed by atoms with Gasteiger partial charge in [-0.05, 0) is 36.4 Å². The molecule has 1 N–H and O–H groups in total. The minimum absolute atomic E-state index is 0.314. The Morgan fingerprint density at radius 1 is 0.792 bits per heavy atom. The highest BCUT2D eigenvalue weighted by atomic mass is 19.1. The van der Waals surface area contributed by atoms with E-state index in [1.807, 2.05) is 18.2 Å². The standard InChI is InChI=1S/C19H13F2NO2/c20-14-9-6-10-15(21)18(14)19(23)22-16-11-4-5-12-17(16)24-13-7-2-1-3-8-13/h1-12H,(H,22,23). The van der Waals surface area contributed by atoms with Crippen LogP contribution in [0.3, 0.4) is 0 Å². The molecule has 24 heavy (non-hydrogen) atoms. The molecule has 0 spiro atoms. The highest BCUT2D eigenvalue weighted by Crippen LogP contribution is 2.29. The lowest BCUT2D eigenvalue weighted by Crippen LogP contribution is -2.16. The van der Waals surface area contributed by atoms with E-state index in [1.54, 1.807) is 36.4 Å². The van der Waals surface area contributed by atoms with Crippen LogP contribution in [0.1, 0.15) is 10.4 Å². The summed E-state index contributed by atoms with van der Waals surface area (Å²) in [6, 6.07) is 18.9. The summed E-state index contributed by atoms with van der Waals surface area (Å²) < 4.78 is 33.1. The topological polar surface area (TPSA) is 38.3 Å². The van der Waals surface area contributed by atoms with Crippen LogP contribution in [0.5, 0.6) is 11.5 Å². The van der Waals surface area contributed by atoms with Crippen LogP contribution in [0.15, 0.2) is 72.8 Å². The minimum atomic E-state index is -0.922. The number of benzene rings is 3. The molecule has 3 rings (SSSR count). The number of ether oxygens (including phenoxy) is 1. The number of rotatable bonds is 4. The van der Waals surface area contributed by atoms with Crippen molar-refractivity contribution in [3.63, 3.8) is 0 Å². The molecule has 0 aliphatic heterocycles. The predicted molar refractivity (Wildman–Crippen MR) is 87.3 cm³/mol. The molecule has 0 bridgehead atoms. The first-order valence-corrected chi connectivity index (χ1v) is 7.22. The van der Waals surface area contributed by atoms with Crippen LogP contribution < -0.4 is 10.1 Å². The number of amides is 1. The van der Waals surface area contributed by atoms with Crippen LogP contribution in [0.4, 0.5) is 14.5 Å².